The minimum Gasteiger partial charge on any atom is -0.368 e. The first-order valence-corrected chi connectivity index (χ1v) is 8.42. The Kier molecular flexibility index (Phi) is 5.90. The van der Waals surface area contributed by atoms with Crippen molar-refractivity contribution < 1.29 is 4.79 Å². The third-order valence-electron chi connectivity index (χ3n) is 3.91. The summed E-state index contributed by atoms with van der Waals surface area (Å²) in [5.74, 6) is 1.49. The number of aromatic nitrogens is 2. The molecule has 0 aliphatic rings. The minimum absolute atomic E-state index is 0.231. The number of nitrogens with zero attached hydrogens (tertiary/aromatic N) is 2. The molecule has 1 aromatic heterocycles. The summed E-state index contributed by atoms with van der Waals surface area (Å²) in [5.41, 5.74) is 2.37. The van der Waals surface area contributed by atoms with Crippen molar-refractivity contribution in [3.8, 4) is 0 Å². The molecule has 2 N–H and O–H groups in total. The van der Waals surface area contributed by atoms with Crippen LogP contribution in [0.25, 0.3) is 0 Å². The van der Waals surface area contributed by atoms with E-state index in [4.69, 9.17) is 0 Å². The second kappa shape index (κ2) is 7.90. The van der Waals surface area contributed by atoms with Gasteiger partial charge < -0.3 is 10.6 Å². The van der Waals surface area contributed by atoms with E-state index in [1.165, 1.54) is 5.56 Å². The first kappa shape index (κ1) is 17.9. The highest BCUT2D eigenvalue weighted by molar-refractivity contribution is 6.03. The fraction of sp³-hybridized carbons (Fsp3) is 0.421. The van der Waals surface area contributed by atoms with Gasteiger partial charge in [0.1, 0.15) is 17.3 Å². The quantitative estimate of drug-likeness (QED) is 0.827. The van der Waals surface area contributed by atoms with Crippen LogP contribution >= 0.6 is 0 Å². The molecule has 5 heteroatoms. The van der Waals surface area contributed by atoms with Crippen molar-refractivity contribution in [1.82, 2.24) is 9.97 Å². The first-order chi connectivity index (χ1) is 11.4. The van der Waals surface area contributed by atoms with E-state index in [0.717, 1.165) is 12.1 Å². The molecule has 1 aromatic carbocycles. The van der Waals surface area contributed by atoms with E-state index in [9.17, 15) is 4.79 Å². The topological polar surface area (TPSA) is 66.9 Å². The van der Waals surface area contributed by atoms with Crippen molar-refractivity contribution >= 4 is 17.4 Å². The van der Waals surface area contributed by atoms with Gasteiger partial charge in [-0.1, -0.05) is 32.9 Å². The third-order valence-corrected chi connectivity index (χ3v) is 3.91. The molecule has 0 radical (unpaired) electrons. The summed E-state index contributed by atoms with van der Waals surface area (Å²) in [7, 11) is 0. The molecule has 1 unspecified atom stereocenters. The molecule has 5 nitrogen and oxygen atoms in total. The van der Waals surface area contributed by atoms with Crippen LogP contribution in [0.15, 0.2) is 30.3 Å². The van der Waals surface area contributed by atoms with Crippen molar-refractivity contribution in [2.45, 2.75) is 53.0 Å². The third kappa shape index (κ3) is 4.78. The number of benzene rings is 1. The molecule has 0 fully saturated rings. The number of carbonyl (C=O) groups excluding carboxylic acids is 1. The van der Waals surface area contributed by atoms with Crippen LogP contribution in [0.2, 0.25) is 0 Å². The van der Waals surface area contributed by atoms with Gasteiger partial charge in [-0.3, -0.25) is 4.79 Å². The summed E-state index contributed by atoms with van der Waals surface area (Å²) in [6.45, 7) is 10.2. The summed E-state index contributed by atoms with van der Waals surface area (Å²) in [5, 5.41) is 6.17. The maximum Gasteiger partial charge on any atom is 0.274 e. The summed E-state index contributed by atoms with van der Waals surface area (Å²) >= 11 is 0. The maximum atomic E-state index is 12.5. The van der Waals surface area contributed by atoms with E-state index in [1.807, 2.05) is 24.3 Å². The van der Waals surface area contributed by atoms with Crippen LogP contribution in [-0.2, 0) is 0 Å². The maximum absolute atomic E-state index is 12.5. The number of carbonyl (C=O) groups is 1. The largest absolute Gasteiger partial charge is 0.368 e. The van der Waals surface area contributed by atoms with Crippen molar-refractivity contribution in [3.63, 3.8) is 0 Å². The Labute approximate surface area is 143 Å². The number of hydrogen-bond donors (Lipinski definition) is 2. The highest BCUT2D eigenvalue weighted by Crippen LogP contribution is 2.18. The Morgan fingerprint density at radius 3 is 2.38 bits per heavy atom. The average Bonchev–Trinajstić information content (AvgIpc) is 2.54. The lowest BCUT2D eigenvalue weighted by molar-refractivity contribution is 0.102. The zero-order valence-corrected chi connectivity index (χ0v) is 15.1. The Balaban J connectivity index is 2.14. The molecule has 0 bridgehead atoms. The van der Waals surface area contributed by atoms with Gasteiger partial charge in [0.25, 0.3) is 5.91 Å². The molecule has 128 valence electrons. The smallest absolute Gasteiger partial charge is 0.274 e. The second-order valence-corrected chi connectivity index (χ2v) is 6.37. The van der Waals surface area contributed by atoms with Crippen LogP contribution in [0.1, 0.15) is 61.9 Å². The van der Waals surface area contributed by atoms with Crippen LogP contribution in [0.5, 0.6) is 0 Å². The number of nitrogens with one attached hydrogen (secondary N) is 2. The van der Waals surface area contributed by atoms with Gasteiger partial charge in [0.2, 0.25) is 0 Å². The predicted octanol–water partition coefficient (Wildman–Crippen LogP) is 4.37. The minimum atomic E-state index is -0.231. The number of amides is 1. The molecular formula is C19H26N4O. The molecule has 24 heavy (non-hydrogen) atoms. The van der Waals surface area contributed by atoms with Gasteiger partial charge in [-0.05, 0) is 43.9 Å². The van der Waals surface area contributed by atoms with Gasteiger partial charge in [0.05, 0.1) is 0 Å². The summed E-state index contributed by atoms with van der Waals surface area (Å²) < 4.78 is 0. The van der Waals surface area contributed by atoms with Gasteiger partial charge in [0, 0.05) is 17.8 Å². The first-order valence-electron chi connectivity index (χ1n) is 8.42. The van der Waals surface area contributed by atoms with Gasteiger partial charge in [-0.25, -0.2) is 9.97 Å². The molecule has 1 amide bonds. The SMILES string of the molecule is CCC(C)Nc1cc(C(=O)Nc2ccc(C(C)C)cc2)nc(C)n1. The Morgan fingerprint density at radius 1 is 1.12 bits per heavy atom. The number of rotatable bonds is 6. The Bertz CT molecular complexity index is 695. The van der Waals surface area contributed by atoms with Crippen LogP contribution in [0.3, 0.4) is 0 Å². The number of anilines is 2. The van der Waals surface area contributed by atoms with E-state index >= 15 is 0 Å². The molecule has 0 aliphatic heterocycles. The lowest BCUT2D eigenvalue weighted by atomic mass is 10.0. The van der Waals surface area contributed by atoms with Crippen molar-refractivity contribution in [1.29, 1.82) is 0 Å². The van der Waals surface area contributed by atoms with Crippen LogP contribution in [-0.4, -0.2) is 21.9 Å². The second-order valence-electron chi connectivity index (χ2n) is 6.37. The van der Waals surface area contributed by atoms with Crippen LogP contribution < -0.4 is 10.6 Å². The number of hydrogen-bond acceptors (Lipinski definition) is 4. The Morgan fingerprint density at radius 2 is 1.79 bits per heavy atom. The molecule has 0 aliphatic carbocycles. The highest BCUT2D eigenvalue weighted by Gasteiger charge is 2.12. The van der Waals surface area contributed by atoms with E-state index in [1.54, 1.807) is 13.0 Å². The average molecular weight is 326 g/mol. The van der Waals surface area contributed by atoms with E-state index in [-0.39, 0.29) is 5.91 Å². The lowest BCUT2D eigenvalue weighted by Crippen LogP contribution is -2.18. The summed E-state index contributed by atoms with van der Waals surface area (Å²) in [4.78, 5) is 21.0. The van der Waals surface area contributed by atoms with E-state index < -0.39 is 0 Å². The van der Waals surface area contributed by atoms with Crippen LogP contribution in [0.4, 0.5) is 11.5 Å². The van der Waals surface area contributed by atoms with E-state index in [0.29, 0.717) is 29.3 Å². The zero-order chi connectivity index (χ0) is 17.7. The Hall–Kier alpha value is -2.43. The van der Waals surface area contributed by atoms with Crippen molar-refractivity contribution in [3.05, 3.63) is 47.4 Å². The zero-order valence-electron chi connectivity index (χ0n) is 15.1. The van der Waals surface area contributed by atoms with Crippen molar-refractivity contribution in [2.75, 3.05) is 10.6 Å². The fourth-order valence-electron chi connectivity index (χ4n) is 2.26. The standard InChI is InChI=1S/C19H26N4O/c1-6-13(4)20-18-11-17(21-14(5)22-18)19(24)23-16-9-7-15(8-10-16)12(2)3/h7-13H,6H2,1-5H3,(H,23,24)(H,20,21,22). The van der Waals surface area contributed by atoms with Gasteiger partial charge in [-0.2, -0.15) is 0 Å². The molecule has 2 rings (SSSR count). The highest BCUT2D eigenvalue weighted by atomic mass is 16.1. The summed E-state index contributed by atoms with van der Waals surface area (Å²) in [6, 6.07) is 9.87. The predicted molar refractivity (Wildman–Crippen MR) is 98.6 cm³/mol. The van der Waals surface area contributed by atoms with Gasteiger partial charge in [-0.15, -0.1) is 0 Å². The molecule has 1 atom stereocenters. The van der Waals surface area contributed by atoms with Crippen LogP contribution in [0, 0.1) is 6.92 Å². The molecule has 0 spiro atoms. The fourth-order valence-corrected chi connectivity index (χ4v) is 2.26. The van der Waals surface area contributed by atoms with Gasteiger partial charge >= 0.3 is 0 Å². The molecule has 0 saturated carbocycles. The molecule has 0 saturated heterocycles. The monoisotopic (exact) mass is 326 g/mol. The van der Waals surface area contributed by atoms with Crippen molar-refractivity contribution in [2.24, 2.45) is 0 Å². The van der Waals surface area contributed by atoms with E-state index in [2.05, 4.69) is 48.3 Å². The molecule has 1 heterocycles. The normalized spacial score (nSPS) is 12.1. The van der Waals surface area contributed by atoms with Gasteiger partial charge in [0.15, 0.2) is 0 Å². The summed E-state index contributed by atoms with van der Waals surface area (Å²) in [6.07, 6.45) is 0.979. The number of aryl methyl sites for hydroxylation is 1. The lowest BCUT2D eigenvalue weighted by Gasteiger charge is -2.13. The molecular weight excluding hydrogens is 300 g/mol. The molecule has 2 aromatic rings.